The van der Waals surface area contributed by atoms with Crippen molar-refractivity contribution in [3.8, 4) is 11.5 Å². The lowest BCUT2D eigenvalue weighted by Crippen LogP contribution is -2.21. The molecule has 24 heavy (non-hydrogen) atoms. The van der Waals surface area contributed by atoms with Crippen LogP contribution in [-0.2, 0) is 4.79 Å². The van der Waals surface area contributed by atoms with E-state index in [2.05, 4.69) is 5.32 Å². The Labute approximate surface area is 137 Å². The van der Waals surface area contributed by atoms with Crippen LogP contribution in [0.1, 0.15) is 0 Å². The third-order valence-corrected chi connectivity index (χ3v) is 3.35. The molecule has 0 radical (unpaired) electrons. The molecule has 6 heteroatoms. The van der Waals surface area contributed by atoms with Gasteiger partial charge in [-0.25, -0.2) is 4.79 Å². The molecule has 3 rings (SSSR count). The van der Waals surface area contributed by atoms with Crippen LogP contribution in [-0.4, -0.2) is 19.6 Å². The molecule has 1 N–H and O–H groups in total. The monoisotopic (exact) mass is 325 g/mol. The smallest absolute Gasteiger partial charge is 0.338 e. The first-order valence-corrected chi connectivity index (χ1v) is 7.25. The Morgan fingerprint density at radius 2 is 1.79 bits per heavy atom. The molecule has 0 saturated carbocycles. The normalized spacial score (nSPS) is 10.4. The topological polar surface area (TPSA) is 77.8 Å². The molecule has 0 aliphatic carbocycles. The van der Waals surface area contributed by atoms with Crippen LogP contribution >= 0.6 is 0 Å². The molecule has 0 spiro atoms. The van der Waals surface area contributed by atoms with Crippen molar-refractivity contribution in [2.45, 2.75) is 0 Å². The average molecular weight is 325 g/mol. The van der Waals surface area contributed by atoms with Crippen molar-refractivity contribution in [3.05, 3.63) is 65.0 Å². The first kappa shape index (κ1) is 15.6. The molecule has 0 aliphatic heterocycles. The summed E-state index contributed by atoms with van der Waals surface area (Å²) in [5.74, 6) is 0.874. The van der Waals surface area contributed by atoms with Crippen LogP contribution < -0.4 is 20.4 Å². The van der Waals surface area contributed by atoms with E-state index in [1.807, 2.05) is 0 Å². The predicted molar refractivity (Wildman–Crippen MR) is 89.6 cm³/mol. The van der Waals surface area contributed by atoms with Crippen molar-refractivity contribution >= 4 is 22.6 Å². The Morgan fingerprint density at radius 3 is 2.54 bits per heavy atom. The van der Waals surface area contributed by atoms with Gasteiger partial charge >= 0.3 is 5.63 Å². The van der Waals surface area contributed by atoms with E-state index >= 15 is 0 Å². The molecule has 1 amide bonds. The van der Waals surface area contributed by atoms with Crippen molar-refractivity contribution in [1.29, 1.82) is 0 Å². The predicted octanol–water partition coefficient (Wildman–Crippen LogP) is 2.82. The van der Waals surface area contributed by atoms with E-state index in [0.29, 0.717) is 28.2 Å². The molecular formula is C18H15NO5. The number of amides is 1. The van der Waals surface area contributed by atoms with Gasteiger partial charge in [0, 0.05) is 11.5 Å². The first-order chi connectivity index (χ1) is 11.7. The Kier molecular flexibility index (Phi) is 4.47. The number of anilines is 1. The van der Waals surface area contributed by atoms with Gasteiger partial charge in [0.05, 0.1) is 12.8 Å². The lowest BCUT2D eigenvalue weighted by atomic mass is 10.2. The summed E-state index contributed by atoms with van der Waals surface area (Å²) >= 11 is 0. The number of rotatable bonds is 5. The number of methoxy groups -OCH3 is 1. The van der Waals surface area contributed by atoms with E-state index < -0.39 is 5.63 Å². The fourth-order valence-electron chi connectivity index (χ4n) is 2.22. The minimum atomic E-state index is -0.528. The molecule has 0 bridgehead atoms. The third kappa shape index (κ3) is 3.55. The largest absolute Gasteiger partial charge is 0.497 e. The van der Waals surface area contributed by atoms with Crippen LogP contribution in [0.2, 0.25) is 0 Å². The van der Waals surface area contributed by atoms with Gasteiger partial charge in [0.2, 0.25) is 0 Å². The number of nitrogens with one attached hydrogen (secondary N) is 1. The lowest BCUT2D eigenvalue weighted by molar-refractivity contribution is -0.118. The van der Waals surface area contributed by atoms with E-state index in [-0.39, 0.29) is 12.5 Å². The number of carbonyl (C=O) groups excluding carboxylic acids is 1. The summed E-state index contributed by atoms with van der Waals surface area (Å²) < 4.78 is 15.6. The van der Waals surface area contributed by atoms with Gasteiger partial charge in [-0.3, -0.25) is 4.79 Å². The van der Waals surface area contributed by atoms with Crippen molar-refractivity contribution < 1.29 is 18.7 Å². The molecule has 0 unspecified atom stereocenters. The first-order valence-electron chi connectivity index (χ1n) is 7.25. The Balaban J connectivity index is 1.69. The summed E-state index contributed by atoms with van der Waals surface area (Å²) in [6.07, 6.45) is 0. The highest BCUT2D eigenvalue weighted by Crippen LogP contribution is 2.21. The van der Waals surface area contributed by atoms with Gasteiger partial charge in [0.15, 0.2) is 6.61 Å². The zero-order chi connectivity index (χ0) is 16.9. The maximum absolute atomic E-state index is 12.1. The van der Waals surface area contributed by atoms with Crippen molar-refractivity contribution in [1.82, 2.24) is 0 Å². The molecule has 0 saturated heterocycles. The molecule has 0 fully saturated rings. The zero-order valence-electron chi connectivity index (χ0n) is 12.9. The summed E-state index contributed by atoms with van der Waals surface area (Å²) in [5, 5.41) is 3.32. The number of hydrogen-bond acceptors (Lipinski definition) is 5. The van der Waals surface area contributed by atoms with Gasteiger partial charge in [-0.2, -0.15) is 0 Å². The van der Waals surface area contributed by atoms with Crippen molar-refractivity contribution in [3.63, 3.8) is 0 Å². The standard InChI is InChI=1S/C18H15NO5/c1-22-12-6-8-13(9-7-12)23-11-17(20)19-15-10-18(21)24-16-5-3-2-4-14(15)16/h2-10H,11H2,1H3,(H,19,20). The number of hydrogen-bond donors (Lipinski definition) is 1. The van der Waals surface area contributed by atoms with Crippen LogP contribution in [0.15, 0.2) is 63.8 Å². The number of carbonyl (C=O) groups is 1. The van der Waals surface area contributed by atoms with E-state index in [1.165, 1.54) is 6.07 Å². The molecule has 122 valence electrons. The molecule has 6 nitrogen and oxygen atoms in total. The number of para-hydroxylation sites is 1. The highest BCUT2D eigenvalue weighted by Gasteiger charge is 2.09. The molecule has 2 aromatic carbocycles. The Morgan fingerprint density at radius 1 is 1.08 bits per heavy atom. The molecule has 3 aromatic rings. The van der Waals surface area contributed by atoms with Gasteiger partial charge in [-0.15, -0.1) is 0 Å². The van der Waals surface area contributed by atoms with Crippen LogP contribution in [0.25, 0.3) is 11.0 Å². The minimum Gasteiger partial charge on any atom is -0.497 e. The summed E-state index contributed by atoms with van der Waals surface area (Å²) in [6, 6.07) is 15.1. The van der Waals surface area contributed by atoms with Gasteiger partial charge < -0.3 is 19.2 Å². The Hall–Kier alpha value is -3.28. The SMILES string of the molecule is COc1ccc(OCC(=O)Nc2cc(=O)oc3ccccc23)cc1. The quantitative estimate of drug-likeness (QED) is 0.730. The van der Waals surface area contributed by atoms with E-state index in [1.54, 1.807) is 55.6 Å². The maximum Gasteiger partial charge on any atom is 0.338 e. The van der Waals surface area contributed by atoms with Crippen LogP contribution in [0.4, 0.5) is 5.69 Å². The van der Waals surface area contributed by atoms with Gasteiger partial charge in [-0.05, 0) is 36.4 Å². The summed E-state index contributed by atoms with van der Waals surface area (Å²) in [6.45, 7) is -0.180. The summed E-state index contributed by atoms with van der Waals surface area (Å²) in [4.78, 5) is 23.6. The number of fused-ring (bicyclic) bond motifs is 1. The highest BCUT2D eigenvalue weighted by atomic mass is 16.5. The van der Waals surface area contributed by atoms with Crippen molar-refractivity contribution in [2.75, 3.05) is 19.0 Å². The van der Waals surface area contributed by atoms with E-state index in [4.69, 9.17) is 13.9 Å². The van der Waals surface area contributed by atoms with Gasteiger partial charge in [0.25, 0.3) is 5.91 Å². The van der Waals surface area contributed by atoms with Crippen LogP contribution in [0.3, 0.4) is 0 Å². The second-order valence-corrected chi connectivity index (χ2v) is 4.99. The van der Waals surface area contributed by atoms with Crippen molar-refractivity contribution in [2.24, 2.45) is 0 Å². The fourth-order valence-corrected chi connectivity index (χ4v) is 2.22. The van der Waals surface area contributed by atoms with E-state index in [9.17, 15) is 9.59 Å². The second-order valence-electron chi connectivity index (χ2n) is 4.99. The van der Waals surface area contributed by atoms with Crippen LogP contribution in [0.5, 0.6) is 11.5 Å². The molecule has 0 atom stereocenters. The number of ether oxygens (including phenoxy) is 2. The van der Waals surface area contributed by atoms with Crippen LogP contribution in [0, 0.1) is 0 Å². The fraction of sp³-hybridized carbons (Fsp3) is 0.111. The highest BCUT2D eigenvalue weighted by molar-refractivity contribution is 6.00. The average Bonchev–Trinajstić information content (AvgIpc) is 2.60. The molecule has 1 heterocycles. The summed E-state index contributed by atoms with van der Waals surface area (Å²) in [5.41, 5.74) is 0.279. The maximum atomic E-state index is 12.1. The van der Waals surface area contributed by atoms with Gasteiger partial charge in [-0.1, -0.05) is 12.1 Å². The van der Waals surface area contributed by atoms with Gasteiger partial charge in [0.1, 0.15) is 17.1 Å². The molecule has 1 aromatic heterocycles. The molecular weight excluding hydrogens is 310 g/mol. The third-order valence-electron chi connectivity index (χ3n) is 3.35. The molecule has 0 aliphatic rings. The summed E-state index contributed by atoms with van der Waals surface area (Å²) in [7, 11) is 1.57. The minimum absolute atomic E-state index is 0.180. The van der Waals surface area contributed by atoms with E-state index in [0.717, 1.165) is 0 Å². The second kappa shape index (κ2) is 6.87. The zero-order valence-corrected chi connectivity index (χ0v) is 12.9. The lowest BCUT2D eigenvalue weighted by Gasteiger charge is -2.09. The Bertz CT molecular complexity index is 915. The number of benzene rings is 2.